The first-order valence-electron chi connectivity index (χ1n) is 8.35. The molecule has 28 heavy (non-hydrogen) atoms. The smallest absolute Gasteiger partial charge is 0.269 e. The van der Waals surface area contributed by atoms with Gasteiger partial charge in [0.05, 0.1) is 4.92 Å². The molecule has 3 aromatic rings. The molecule has 0 saturated carbocycles. The van der Waals surface area contributed by atoms with Crippen LogP contribution in [0.15, 0.2) is 76.7 Å². The highest BCUT2D eigenvalue weighted by Crippen LogP contribution is 2.25. The first-order valence-corrected chi connectivity index (χ1v) is 8.35. The van der Waals surface area contributed by atoms with Crippen molar-refractivity contribution in [2.24, 2.45) is 0 Å². The minimum atomic E-state index is -0.500. The first kappa shape index (κ1) is 18.6. The van der Waals surface area contributed by atoms with Gasteiger partial charge in [-0.3, -0.25) is 14.9 Å². The van der Waals surface area contributed by atoms with Crippen LogP contribution in [0.5, 0.6) is 0 Å². The number of amides is 1. The maximum atomic E-state index is 12.2. The quantitative estimate of drug-likeness (QED) is 0.303. The van der Waals surface area contributed by atoms with E-state index in [1.165, 1.54) is 18.2 Å². The molecule has 0 atom stereocenters. The molecule has 138 valence electrons. The lowest BCUT2D eigenvalue weighted by Crippen LogP contribution is -2.23. The summed E-state index contributed by atoms with van der Waals surface area (Å²) in [4.78, 5) is 22.5. The average molecular weight is 373 g/mol. The summed E-state index contributed by atoms with van der Waals surface area (Å²) >= 11 is 0. The second-order valence-electron chi connectivity index (χ2n) is 5.84. The first-order chi connectivity index (χ1) is 13.6. The van der Waals surface area contributed by atoms with Gasteiger partial charge in [-0.05, 0) is 29.8 Å². The van der Waals surface area contributed by atoms with Crippen LogP contribution < -0.4 is 5.32 Å². The summed E-state index contributed by atoms with van der Waals surface area (Å²) in [5, 5.41) is 22.7. The minimum absolute atomic E-state index is 0.0164. The number of nitro benzene ring substituents is 1. The maximum Gasteiger partial charge on any atom is 0.269 e. The van der Waals surface area contributed by atoms with E-state index in [2.05, 4.69) is 5.32 Å². The Labute approximate surface area is 160 Å². The van der Waals surface area contributed by atoms with Gasteiger partial charge in [-0.1, -0.05) is 30.3 Å². The maximum absolute atomic E-state index is 12.2. The molecule has 0 fully saturated rings. The number of hydrogen-bond acceptors (Lipinski definition) is 5. The molecular weight excluding hydrogens is 358 g/mol. The summed E-state index contributed by atoms with van der Waals surface area (Å²) in [7, 11) is 0. The molecule has 7 nitrogen and oxygen atoms in total. The van der Waals surface area contributed by atoms with E-state index in [4.69, 9.17) is 4.42 Å². The monoisotopic (exact) mass is 373 g/mol. The normalized spacial score (nSPS) is 10.9. The molecule has 0 saturated heterocycles. The number of hydrogen-bond donors (Lipinski definition) is 1. The zero-order valence-corrected chi connectivity index (χ0v) is 14.7. The number of nitrogens with zero attached hydrogens (tertiary/aromatic N) is 2. The molecule has 2 aromatic carbocycles. The Morgan fingerprint density at radius 1 is 1.11 bits per heavy atom. The average Bonchev–Trinajstić information content (AvgIpc) is 3.19. The molecule has 1 N–H and O–H groups in total. The third-order valence-electron chi connectivity index (χ3n) is 3.94. The van der Waals surface area contributed by atoms with Gasteiger partial charge in [0.15, 0.2) is 0 Å². The summed E-state index contributed by atoms with van der Waals surface area (Å²) in [6.07, 6.45) is 1.36. The van der Waals surface area contributed by atoms with Crippen molar-refractivity contribution in [2.45, 2.75) is 6.54 Å². The summed E-state index contributed by atoms with van der Waals surface area (Å²) in [5.74, 6) is 0.308. The number of furan rings is 1. The number of carbonyl (C=O) groups is 1. The highest BCUT2D eigenvalue weighted by molar-refractivity contribution is 6.01. The van der Waals surface area contributed by atoms with E-state index in [1.54, 1.807) is 24.3 Å². The van der Waals surface area contributed by atoms with Gasteiger partial charge in [0.1, 0.15) is 23.2 Å². The molecule has 0 radical (unpaired) electrons. The van der Waals surface area contributed by atoms with Crippen LogP contribution in [0, 0.1) is 21.4 Å². The van der Waals surface area contributed by atoms with Crippen molar-refractivity contribution in [3.63, 3.8) is 0 Å². The van der Waals surface area contributed by atoms with E-state index in [0.29, 0.717) is 23.6 Å². The summed E-state index contributed by atoms with van der Waals surface area (Å²) in [6.45, 7) is 0.310. The van der Waals surface area contributed by atoms with Crippen molar-refractivity contribution in [1.29, 1.82) is 5.26 Å². The predicted molar refractivity (Wildman–Crippen MR) is 103 cm³/mol. The largest absolute Gasteiger partial charge is 0.457 e. The standard InChI is InChI=1S/C21H15N3O4/c22-13-17(21(25)23-14-15-4-2-1-3-5-15)12-19-10-11-20(28-19)16-6-8-18(9-7-16)24(26)27/h1-12H,14H2,(H,23,25). The third kappa shape index (κ3) is 4.51. The van der Waals surface area contributed by atoms with Crippen LogP contribution in [0.2, 0.25) is 0 Å². The van der Waals surface area contributed by atoms with Gasteiger partial charge in [-0.25, -0.2) is 0 Å². The van der Waals surface area contributed by atoms with Gasteiger partial charge in [0.2, 0.25) is 0 Å². The molecule has 1 amide bonds. The zero-order chi connectivity index (χ0) is 19.9. The number of benzene rings is 2. The van der Waals surface area contributed by atoms with Gasteiger partial charge in [-0.2, -0.15) is 5.26 Å². The molecule has 0 aliphatic heterocycles. The summed E-state index contributed by atoms with van der Waals surface area (Å²) in [6, 6.07) is 20.4. The lowest BCUT2D eigenvalue weighted by Gasteiger charge is -2.03. The van der Waals surface area contributed by atoms with E-state index in [-0.39, 0.29) is 11.3 Å². The van der Waals surface area contributed by atoms with Crippen molar-refractivity contribution in [1.82, 2.24) is 5.32 Å². The number of nitrogens with one attached hydrogen (secondary N) is 1. The second kappa shape index (κ2) is 8.47. The number of non-ortho nitro benzene ring substituents is 1. The molecule has 3 rings (SSSR count). The Balaban J connectivity index is 1.72. The Bertz CT molecular complexity index is 1060. The molecular formula is C21H15N3O4. The molecule has 1 heterocycles. The lowest BCUT2D eigenvalue weighted by molar-refractivity contribution is -0.384. The fourth-order valence-corrected chi connectivity index (χ4v) is 2.50. The summed E-state index contributed by atoms with van der Waals surface area (Å²) in [5.41, 5.74) is 1.47. The molecule has 7 heteroatoms. The Morgan fingerprint density at radius 3 is 2.46 bits per heavy atom. The van der Waals surface area contributed by atoms with Crippen LogP contribution in [0.1, 0.15) is 11.3 Å². The lowest BCUT2D eigenvalue weighted by atomic mass is 10.1. The van der Waals surface area contributed by atoms with Crippen LogP contribution in [0.25, 0.3) is 17.4 Å². The molecule has 0 spiro atoms. The fourth-order valence-electron chi connectivity index (χ4n) is 2.50. The van der Waals surface area contributed by atoms with Gasteiger partial charge < -0.3 is 9.73 Å². The van der Waals surface area contributed by atoms with Crippen molar-refractivity contribution >= 4 is 17.7 Å². The predicted octanol–water partition coefficient (Wildman–Crippen LogP) is 4.08. The van der Waals surface area contributed by atoms with Gasteiger partial charge in [-0.15, -0.1) is 0 Å². The van der Waals surface area contributed by atoms with E-state index in [0.717, 1.165) is 5.56 Å². The topological polar surface area (TPSA) is 109 Å². The van der Waals surface area contributed by atoms with E-state index in [9.17, 15) is 20.2 Å². The molecule has 1 aromatic heterocycles. The third-order valence-corrected chi connectivity index (χ3v) is 3.94. The number of nitriles is 1. The second-order valence-corrected chi connectivity index (χ2v) is 5.84. The fraction of sp³-hybridized carbons (Fsp3) is 0.0476. The van der Waals surface area contributed by atoms with Crippen molar-refractivity contribution in [2.75, 3.05) is 0 Å². The highest BCUT2D eigenvalue weighted by atomic mass is 16.6. The van der Waals surface area contributed by atoms with Crippen LogP contribution >= 0.6 is 0 Å². The summed E-state index contributed by atoms with van der Waals surface area (Å²) < 4.78 is 5.64. The van der Waals surface area contributed by atoms with Gasteiger partial charge in [0, 0.05) is 30.3 Å². The minimum Gasteiger partial charge on any atom is -0.457 e. The van der Waals surface area contributed by atoms with Crippen LogP contribution in [0.3, 0.4) is 0 Å². The van der Waals surface area contributed by atoms with Crippen LogP contribution in [0.4, 0.5) is 5.69 Å². The van der Waals surface area contributed by atoms with Gasteiger partial charge >= 0.3 is 0 Å². The Morgan fingerprint density at radius 2 is 1.82 bits per heavy atom. The zero-order valence-electron chi connectivity index (χ0n) is 14.7. The van der Waals surface area contributed by atoms with E-state index in [1.807, 2.05) is 36.4 Å². The molecule has 0 aliphatic carbocycles. The van der Waals surface area contributed by atoms with Crippen molar-refractivity contribution in [3.05, 3.63) is 93.7 Å². The Hall–Kier alpha value is -4.18. The highest BCUT2D eigenvalue weighted by Gasteiger charge is 2.12. The van der Waals surface area contributed by atoms with Crippen molar-refractivity contribution < 1.29 is 14.1 Å². The van der Waals surface area contributed by atoms with Gasteiger partial charge in [0.25, 0.3) is 11.6 Å². The molecule has 0 unspecified atom stereocenters. The molecule has 0 bridgehead atoms. The number of nitro groups is 1. The molecule has 0 aliphatic rings. The Kier molecular flexibility index (Phi) is 5.63. The number of carbonyl (C=O) groups excluding carboxylic acids is 1. The van der Waals surface area contributed by atoms with Crippen LogP contribution in [-0.2, 0) is 11.3 Å². The van der Waals surface area contributed by atoms with E-state index >= 15 is 0 Å². The van der Waals surface area contributed by atoms with Crippen LogP contribution in [-0.4, -0.2) is 10.8 Å². The van der Waals surface area contributed by atoms with E-state index < -0.39 is 10.8 Å². The number of rotatable bonds is 6. The van der Waals surface area contributed by atoms with Crippen molar-refractivity contribution in [3.8, 4) is 17.4 Å². The SMILES string of the molecule is N#CC(=Cc1ccc(-c2ccc([N+](=O)[O-])cc2)o1)C(=O)NCc1ccccc1.